The summed E-state index contributed by atoms with van der Waals surface area (Å²) in [5, 5.41) is 3.25. The molecule has 164 valence electrons. The van der Waals surface area contributed by atoms with E-state index in [0.29, 0.717) is 16.5 Å². The van der Waals surface area contributed by atoms with Gasteiger partial charge in [-0.05, 0) is 35.5 Å². The van der Waals surface area contributed by atoms with Crippen molar-refractivity contribution in [3.63, 3.8) is 0 Å². The van der Waals surface area contributed by atoms with E-state index in [-0.39, 0.29) is 42.4 Å². The number of benzene rings is 2. The molecule has 0 saturated carbocycles. The first-order chi connectivity index (χ1) is 14.7. The molecule has 1 amide bonds. The van der Waals surface area contributed by atoms with E-state index in [1.54, 1.807) is 48.5 Å². The highest BCUT2D eigenvalue weighted by Gasteiger charge is 2.27. The minimum Gasteiger partial charge on any atom is -0.367 e. The van der Waals surface area contributed by atoms with E-state index in [4.69, 9.17) is 12.2 Å². The van der Waals surface area contributed by atoms with E-state index < -0.39 is 12.8 Å². The maximum atomic E-state index is 12.6. The number of amides is 1. The highest BCUT2D eigenvalue weighted by molar-refractivity contribution is 7.71. The van der Waals surface area contributed by atoms with Gasteiger partial charge in [0.05, 0.1) is 17.5 Å². The Kier molecular flexibility index (Phi) is 7.24. The fourth-order valence-corrected chi connectivity index (χ4v) is 3.23. The summed E-state index contributed by atoms with van der Waals surface area (Å²) in [5.74, 6) is -0.257. The van der Waals surface area contributed by atoms with E-state index in [2.05, 4.69) is 15.0 Å². The number of H-pyrrole nitrogens is 1. The number of para-hydroxylation sites is 1. The lowest BCUT2D eigenvalue weighted by molar-refractivity contribution is -0.176. The lowest BCUT2D eigenvalue weighted by Crippen LogP contribution is -2.28. The van der Waals surface area contributed by atoms with Crippen LogP contribution >= 0.6 is 12.2 Å². The van der Waals surface area contributed by atoms with Crippen LogP contribution in [0.5, 0.6) is 0 Å². The first-order valence-corrected chi connectivity index (χ1v) is 9.84. The summed E-state index contributed by atoms with van der Waals surface area (Å²) in [5.41, 5.74) is 1.78. The number of rotatable bonds is 8. The molecule has 0 unspecified atom stereocenters. The van der Waals surface area contributed by atoms with Crippen molar-refractivity contribution in [2.75, 3.05) is 6.61 Å². The smallest absolute Gasteiger partial charge is 0.367 e. The zero-order valence-corrected chi connectivity index (χ0v) is 17.2. The molecule has 2 N–H and O–H groups in total. The van der Waals surface area contributed by atoms with Crippen molar-refractivity contribution in [1.82, 2.24) is 14.9 Å². The molecule has 0 radical (unpaired) electrons. The fourth-order valence-electron chi connectivity index (χ4n) is 2.94. The summed E-state index contributed by atoms with van der Waals surface area (Å²) in [6.07, 6.45) is -4.29. The molecule has 3 aromatic rings. The molecule has 1 heterocycles. The number of ether oxygens (including phenoxy) is 1. The summed E-state index contributed by atoms with van der Waals surface area (Å²) < 4.78 is 42.5. The predicted molar refractivity (Wildman–Crippen MR) is 112 cm³/mol. The van der Waals surface area contributed by atoms with Gasteiger partial charge >= 0.3 is 6.18 Å². The van der Waals surface area contributed by atoms with Gasteiger partial charge in [0.2, 0.25) is 5.91 Å². The van der Waals surface area contributed by atoms with Crippen LogP contribution in [0.3, 0.4) is 0 Å². The quantitative estimate of drug-likeness (QED) is 0.511. The zero-order valence-electron chi connectivity index (χ0n) is 16.4. The van der Waals surface area contributed by atoms with Crippen LogP contribution < -0.4 is 10.9 Å². The molecule has 0 aliphatic rings. The Labute approximate surface area is 180 Å². The molecule has 0 aliphatic carbocycles. The Bertz CT molecular complexity index is 1170. The summed E-state index contributed by atoms with van der Waals surface area (Å²) in [4.78, 5) is 27.7. The molecule has 0 atom stereocenters. The van der Waals surface area contributed by atoms with Gasteiger partial charge in [0.1, 0.15) is 6.61 Å². The van der Waals surface area contributed by atoms with Gasteiger partial charge in [-0.2, -0.15) is 13.2 Å². The van der Waals surface area contributed by atoms with Gasteiger partial charge in [-0.25, -0.2) is 0 Å². The Morgan fingerprint density at radius 2 is 1.77 bits per heavy atom. The molecule has 0 saturated heterocycles. The minimum atomic E-state index is -4.35. The van der Waals surface area contributed by atoms with Crippen molar-refractivity contribution in [3.8, 4) is 0 Å². The topological polar surface area (TPSA) is 76.1 Å². The number of alkyl halides is 3. The number of aromatic nitrogens is 2. The number of hydrogen-bond donors (Lipinski definition) is 2. The van der Waals surface area contributed by atoms with Crippen molar-refractivity contribution < 1.29 is 22.7 Å². The molecule has 6 nitrogen and oxygen atoms in total. The van der Waals surface area contributed by atoms with E-state index in [1.807, 2.05) is 0 Å². The van der Waals surface area contributed by atoms with Gasteiger partial charge in [0.25, 0.3) is 5.56 Å². The van der Waals surface area contributed by atoms with E-state index in [0.717, 1.165) is 5.56 Å². The maximum Gasteiger partial charge on any atom is 0.411 e. The van der Waals surface area contributed by atoms with Crippen molar-refractivity contribution in [1.29, 1.82) is 0 Å². The molecular weight excluding hydrogens is 431 g/mol. The van der Waals surface area contributed by atoms with Gasteiger partial charge in [0.15, 0.2) is 4.77 Å². The average Bonchev–Trinajstić information content (AvgIpc) is 2.72. The number of aromatic amines is 1. The lowest BCUT2D eigenvalue weighted by atomic mass is 10.1. The van der Waals surface area contributed by atoms with Crippen LogP contribution in [0.25, 0.3) is 10.9 Å². The van der Waals surface area contributed by atoms with Crippen molar-refractivity contribution in [2.24, 2.45) is 0 Å². The second kappa shape index (κ2) is 9.88. The normalized spacial score (nSPS) is 11.6. The van der Waals surface area contributed by atoms with Gasteiger partial charge in [0, 0.05) is 19.5 Å². The SMILES string of the molecule is O=C(CCn1c(=S)[nH]c2ccccc2c1=O)NCc1ccc(COCC(F)(F)F)cc1. The number of nitrogens with zero attached hydrogens (tertiary/aromatic N) is 1. The molecular formula is C21H20F3N3O3S. The van der Waals surface area contributed by atoms with Crippen LogP contribution in [-0.2, 0) is 29.2 Å². The van der Waals surface area contributed by atoms with Crippen LogP contribution in [0, 0.1) is 4.77 Å². The summed E-state index contributed by atoms with van der Waals surface area (Å²) in [6.45, 7) is -1.05. The van der Waals surface area contributed by atoms with Gasteiger partial charge in [-0.1, -0.05) is 36.4 Å². The highest BCUT2D eigenvalue weighted by Crippen LogP contribution is 2.16. The third-order valence-corrected chi connectivity index (χ3v) is 4.82. The van der Waals surface area contributed by atoms with Gasteiger partial charge < -0.3 is 15.0 Å². The van der Waals surface area contributed by atoms with Crippen molar-refractivity contribution in [2.45, 2.75) is 32.3 Å². The predicted octanol–water partition coefficient (Wildman–Crippen LogP) is 3.84. The number of carbonyl (C=O) groups is 1. The Morgan fingerprint density at radius 1 is 1.10 bits per heavy atom. The first-order valence-electron chi connectivity index (χ1n) is 9.44. The van der Waals surface area contributed by atoms with Crippen LogP contribution in [0.4, 0.5) is 13.2 Å². The molecule has 0 spiro atoms. The molecule has 0 bridgehead atoms. The fraction of sp³-hybridized carbons (Fsp3) is 0.286. The zero-order chi connectivity index (χ0) is 22.4. The maximum absolute atomic E-state index is 12.6. The standard InChI is InChI=1S/C21H20F3N3O3S/c22-21(23,24)13-30-12-15-7-5-14(6-8-15)11-25-18(28)9-10-27-19(29)16-3-1-2-4-17(16)26-20(27)31/h1-8H,9-13H2,(H,25,28)(H,26,31). The van der Waals surface area contributed by atoms with Crippen LogP contribution in [-0.4, -0.2) is 28.2 Å². The number of fused-ring (bicyclic) bond motifs is 1. The van der Waals surface area contributed by atoms with E-state index >= 15 is 0 Å². The van der Waals surface area contributed by atoms with E-state index in [9.17, 15) is 22.8 Å². The van der Waals surface area contributed by atoms with Crippen molar-refractivity contribution >= 4 is 29.0 Å². The third-order valence-electron chi connectivity index (χ3n) is 4.50. The van der Waals surface area contributed by atoms with Crippen LogP contribution in [0.2, 0.25) is 0 Å². The molecule has 0 aliphatic heterocycles. The Balaban J connectivity index is 1.50. The lowest BCUT2D eigenvalue weighted by Gasteiger charge is -2.10. The number of carbonyl (C=O) groups excluding carboxylic acids is 1. The summed E-state index contributed by atoms with van der Waals surface area (Å²) >= 11 is 5.23. The third kappa shape index (κ3) is 6.50. The Hall–Kier alpha value is -2.98. The number of hydrogen-bond acceptors (Lipinski definition) is 4. The monoisotopic (exact) mass is 451 g/mol. The molecule has 3 rings (SSSR count). The van der Waals surface area contributed by atoms with Gasteiger partial charge in [-0.15, -0.1) is 0 Å². The van der Waals surface area contributed by atoms with E-state index in [1.165, 1.54) is 4.57 Å². The second-order valence-corrected chi connectivity index (χ2v) is 7.27. The number of halogens is 3. The number of nitrogens with one attached hydrogen (secondary N) is 2. The summed E-state index contributed by atoms with van der Waals surface area (Å²) in [7, 11) is 0. The first kappa shape index (κ1) is 22.7. The minimum absolute atomic E-state index is 0.0685. The average molecular weight is 451 g/mol. The van der Waals surface area contributed by atoms with Crippen LogP contribution in [0.15, 0.2) is 53.3 Å². The second-order valence-electron chi connectivity index (χ2n) is 6.88. The highest BCUT2D eigenvalue weighted by atomic mass is 32.1. The molecule has 1 aromatic heterocycles. The Morgan fingerprint density at radius 3 is 2.48 bits per heavy atom. The van der Waals surface area contributed by atoms with Gasteiger partial charge in [-0.3, -0.25) is 14.2 Å². The summed E-state index contributed by atoms with van der Waals surface area (Å²) in [6, 6.07) is 13.7. The molecule has 2 aromatic carbocycles. The molecule has 0 fully saturated rings. The van der Waals surface area contributed by atoms with Crippen molar-refractivity contribution in [3.05, 3.63) is 74.8 Å². The largest absolute Gasteiger partial charge is 0.411 e. The molecule has 31 heavy (non-hydrogen) atoms. The van der Waals surface area contributed by atoms with Crippen LogP contribution in [0.1, 0.15) is 17.5 Å². The molecule has 10 heteroatoms.